The fourth-order valence-corrected chi connectivity index (χ4v) is 18.2. The lowest BCUT2D eigenvalue weighted by Crippen LogP contribution is -2.62. The first-order valence-electron chi connectivity index (χ1n) is 48.3. The van der Waals surface area contributed by atoms with Gasteiger partial charge in [-0.05, 0) is 124 Å². The number of guanidine groups is 1. The van der Waals surface area contributed by atoms with Gasteiger partial charge in [-0.2, -0.15) is 0 Å². The molecule has 143 heavy (non-hydrogen) atoms. The van der Waals surface area contributed by atoms with E-state index in [2.05, 4.69) is 68.5 Å². The van der Waals surface area contributed by atoms with E-state index in [9.17, 15) is 68.1 Å². The third kappa shape index (κ3) is 33.1. The number of aliphatic hydroxyl groups is 2. The standard InChI is InChI=1S/C98H141N23O21S/c1-11-14-30-77(90(134)108-56(6)23-21-37-104-98(102)103)118(9)97(141)79(31-15-12-2)119(10)94(138)72(45-66-65-27-17-19-29-68(65)110-84(66)59-24-20-25-63(42-59)142-39-13-3)114-89(133)75(51-122)116-87(131)69(43-60-48-105-67-28-18-16-26-64(60)67)111-92(136)80-44-62(125)50-121(80)96(140)70(40-55(4)5)113-88(132)74(47-99)115-91(135)78-32-22-38-120(78)95(139)73(46-81(100)126)112-85(129)57(7)117(8)93(137)71(41-58-33-35-61(124)36-34-58)109-83(128)53-143-52-76(107-54-123)86(130)106-49-82(101)127/h16-20,24-29,33-36,42,48,54-57,62,69-80,105,110,122,124-125H,11-15,21-23,30-32,37-41,43-47,49-53,99H2,1-10H3,(H2,100,126)(H2,101,127)(H,106,130)(H,107,123)(H,108,134)(H,109,128)(H,111,136)(H,112,129)(H,113,132)(H,114,133)(H,115,135)(H,116,131)(H4,102,103,104)/t56?,57?,62-,69?,70?,71?,72?,73?,74?,75?,76?,77?,78?,79?,80?/m1/s1. The number of likely N-dealkylation sites (N-methyl/N-ethyl adjacent to an activating group) is 3. The van der Waals surface area contributed by atoms with Crippen molar-refractivity contribution in [1.82, 2.24) is 93.0 Å². The molecule has 2 fully saturated rings. The quantitative estimate of drug-likeness (QED) is 0.00957. The zero-order chi connectivity index (χ0) is 105. The van der Waals surface area contributed by atoms with Crippen LogP contribution in [0, 0.1) is 11.3 Å². The molecule has 45 heteroatoms. The fourth-order valence-electron chi connectivity index (χ4n) is 17.3. The summed E-state index contributed by atoms with van der Waals surface area (Å²) < 4.78 is 6.07. The van der Waals surface area contributed by atoms with Gasteiger partial charge in [0.15, 0.2) is 5.96 Å². The first-order valence-corrected chi connectivity index (χ1v) is 49.5. The predicted molar refractivity (Wildman–Crippen MR) is 534 cm³/mol. The fraction of sp³-hybridized carbons (Fsp3) is 0.531. The molecule has 44 nitrogen and oxygen atoms in total. The van der Waals surface area contributed by atoms with Gasteiger partial charge < -0.3 is 136 Å². The number of benzene rings is 4. The minimum Gasteiger partial charge on any atom is -0.508 e. The Hall–Kier alpha value is -13.9. The Morgan fingerprint density at radius 3 is 1.85 bits per heavy atom. The maximum atomic E-state index is 16.0. The van der Waals surface area contributed by atoms with Crippen LogP contribution in [0.15, 0.2) is 103 Å². The number of para-hydroxylation sites is 2. The summed E-state index contributed by atoms with van der Waals surface area (Å²) in [5.74, 6) is -14.5. The van der Waals surface area contributed by atoms with Crippen LogP contribution in [-0.4, -0.2) is 326 Å². The molecule has 0 radical (unpaired) electrons. The zero-order valence-electron chi connectivity index (χ0n) is 82.7. The highest BCUT2D eigenvalue weighted by Gasteiger charge is 2.47. The molecule has 0 aliphatic carbocycles. The first-order chi connectivity index (χ1) is 68.1. The van der Waals surface area contributed by atoms with Crippen LogP contribution in [0.5, 0.6) is 11.5 Å². The highest BCUT2D eigenvalue weighted by molar-refractivity contribution is 8.00. The van der Waals surface area contributed by atoms with Gasteiger partial charge in [0.05, 0.1) is 38.0 Å². The molecule has 15 atom stereocenters. The number of rotatable bonds is 58. The van der Waals surface area contributed by atoms with E-state index in [4.69, 9.17) is 33.1 Å². The van der Waals surface area contributed by atoms with Crippen molar-refractivity contribution >= 4 is 140 Å². The van der Waals surface area contributed by atoms with E-state index in [0.29, 0.717) is 114 Å². The maximum Gasteiger partial charge on any atom is 0.246 e. The summed E-state index contributed by atoms with van der Waals surface area (Å²) in [6.45, 7) is 10.4. The predicted octanol–water partition coefficient (Wildman–Crippen LogP) is -0.844. The molecule has 4 heterocycles. The van der Waals surface area contributed by atoms with Crippen molar-refractivity contribution in [1.29, 1.82) is 5.41 Å². The van der Waals surface area contributed by atoms with Crippen LogP contribution >= 0.6 is 11.8 Å². The van der Waals surface area contributed by atoms with Crippen LogP contribution in [0.4, 0.5) is 0 Å². The number of aromatic nitrogens is 2. The Bertz CT molecular complexity index is 5430. The molecule has 14 unspecified atom stereocenters. The van der Waals surface area contributed by atoms with Gasteiger partial charge in [0, 0.05) is 124 Å². The molecule has 780 valence electrons. The largest absolute Gasteiger partial charge is 0.508 e. The van der Waals surface area contributed by atoms with E-state index in [1.165, 1.54) is 62.1 Å². The number of phenolic OH excluding ortho intramolecular Hbond substituents is 1. The van der Waals surface area contributed by atoms with Crippen molar-refractivity contribution in [2.24, 2.45) is 28.9 Å². The number of nitrogens with two attached hydrogens (primary N) is 4. The van der Waals surface area contributed by atoms with Crippen LogP contribution in [0.1, 0.15) is 155 Å². The second-order valence-corrected chi connectivity index (χ2v) is 37.6. The minimum atomic E-state index is -1.88. The number of fused-ring (bicyclic) bond motifs is 2. The Morgan fingerprint density at radius 2 is 1.20 bits per heavy atom. The van der Waals surface area contributed by atoms with Gasteiger partial charge in [-0.3, -0.25) is 86.9 Å². The maximum absolute atomic E-state index is 16.0. The van der Waals surface area contributed by atoms with Crippen LogP contribution in [-0.2, 0) is 101 Å². The molecule has 6 aromatic rings. The highest BCUT2D eigenvalue weighted by atomic mass is 32.2. The van der Waals surface area contributed by atoms with Gasteiger partial charge >= 0.3 is 0 Å². The molecule has 0 bridgehead atoms. The Morgan fingerprint density at radius 1 is 0.594 bits per heavy atom. The van der Waals surface area contributed by atoms with Gasteiger partial charge in [0.25, 0.3) is 0 Å². The van der Waals surface area contributed by atoms with Crippen molar-refractivity contribution in [3.63, 3.8) is 0 Å². The number of thioether (sulfide) groups is 1. The number of amides is 17. The molecule has 0 spiro atoms. The molecular weight excluding hydrogens is 1870 g/mol. The lowest BCUT2D eigenvalue weighted by molar-refractivity contribution is -0.149. The van der Waals surface area contributed by atoms with Gasteiger partial charge in [0.2, 0.25) is 101 Å². The Labute approximate surface area is 834 Å². The highest BCUT2D eigenvalue weighted by Crippen LogP contribution is 2.35. The SMILES string of the molecule is CCCCC(C(=O)N(C)C(CCCC)C(=O)NC(C)CCCNC(=N)N)N(C)C(=O)C(Cc1c(-c2cccc(OCCC)c2)[nH]c2ccccc12)NC(=O)C(CO)NC(=O)C(Cc1c[nH]c2ccccc12)NC(=O)C1C[C@@H](O)CN1C(=O)C(CC(C)C)NC(=O)C(CN)NC(=O)C1CCCN1C(=O)C(CC(N)=O)NC(=O)C(C)N(C)C(=O)C(Cc1ccc(O)cc1)NC(=O)CSCC(NC=O)C(=O)NCC(N)=O. The summed E-state index contributed by atoms with van der Waals surface area (Å²) >= 11 is 0.882. The number of unbranched alkanes of at least 4 members (excludes halogenated alkanes) is 2. The molecule has 2 saturated heterocycles. The van der Waals surface area contributed by atoms with Gasteiger partial charge in [-0.15, -0.1) is 11.8 Å². The first kappa shape index (κ1) is 114. The van der Waals surface area contributed by atoms with E-state index in [0.717, 1.165) is 26.5 Å². The molecule has 2 aromatic heterocycles. The van der Waals surface area contributed by atoms with Crippen LogP contribution < -0.4 is 86.2 Å². The summed E-state index contributed by atoms with van der Waals surface area (Å²) in [6.07, 6.45) is 3.10. The van der Waals surface area contributed by atoms with E-state index in [-0.39, 0.29) is 99.5 Å². The normalized spacial score (nSPS) is 16.4. The number of hydrogen-bond donors (Lipinski definition) is 21. The number of aliphatic hydroxyl groups excluding tert-OH is 2. The molecule has 25 N–H and O–H groups in total. The van der Waals surface area contributed by atoms with E-state index in [1.54, 1.807) is 56.4 Å². The number of β-amino-alcohol motifs (C(OH)–C–C–N with tert-alkyl or cyclic N) is 1. The van der Waals surface area contributed by atoms with Crippen molar-refractivity contribution in [3.8, 4) is 22.8 Å². The number of carbonyl (C=O) groups excluding carboxylic acids is 17. The summed E-state index contributed by atoms with van der Waals surface area (Å²) in [5.41, 5.74) is 26.5. The Kier molecular flexibility index (Phi) is 44.8. The lowest BCUT2D eigenvalue weighted by atomic mass is 9.96. The number of likely N-dealkylation sites (tertiary alicyclic amines) is 2. The number of aromatic amines is 2. The lowest BCUT2D eigenvalue weighted by Gasteiger charge is -2.36. The molecule has 4 aromatic carbocycles. The molecule has 8 rings (SSSR count). The topological polar surface area (TPSA) is 668 Å². The zero-order valence-corrected chi connectivity index (χ0v) is 83.5. The smallest absolute Gasteiger partial charge is 0.246 e. The number of primary amides is 2. The molecule has 2 aliphatic rings. The summed E-state index contributed by atoms with van der Waals surface area (Å²) in [7, 11) is 4.19. The summed E-state index contributed by atoms with van der Waals surface area (Å²) in [5, 5.41) is 70.7. The number of nitrogens with one attached hydrogen (secondary N) is 14. The van der Waals surface area contributed by atoms with Gasteiger partial charge in [-0.25, -0.2) is 0 Å². The second-order valence-electron chi connectivity index (χ2n) is 36.6. The number of phenols is 1. The van der Waals surface area contributed by atoms with Crippen molar-refractivity contribution < 1.29 is 102 Å². The van der Waals surface area contributed by atoms with E-state index in [1.807, 2.05) is 64.1 Å². The summed E-state index contributed by atoms with van der Waals surface area (Å²) in [4.78, 5) is 254. The third-order valence-electron chi connectivity index (χ3n) is 25.1. The molecular formula is C98H141N23O21S. The third-order valence-corrected chi connectivity index (χ3v) is 26.2. The number of H-pyrrole nitrogens is 2. The van der Waals surface area contributed by atoms with Crippen molar-refractivity contribution in [3.05, 3.63) is 120 Å². The van der Waals surface area contributed by atoms with Crippen LogP contribution in [0.25, 0.3) is 33.1 Å². The van der Waals surface area contributed by atoms with Crippen LogP contribution in [0.2, 0.25) is 0 Å². The van der Waals surface area contributed by atoms with Crippen molar-refractivity contribution in [2.45, 2.75) is 248 Å². The second kappa shape index (κ2) is 56.0. The van der Waals surface area contributed by atoms with Crippen molar-refractivity contribution in [2.75, 3.05) is 78.6 Å². The molecule has 0 saturated carbocycles. The minimum absolute atomic E-state index is 0.0174. The number of aromatic hydroxyl groups is 1. The number of ether oxygens (including phenoxy) is 1. The Balaban J connectivity index is 1.01. The average Bonchev–Trinajstić information content (AvgIpc) is 1.63. The van der Waals surface area contributed by atoms with E-state index >= 15 is 28.8 Å². The number of hydrogen-bond acceptors (Lipinski definition) is 24. The number of carbonyl (C=O) groups is 17. The molecule has 2 aliphatic heterocycles. The van der Waals surface area contributed by atoms with Crippen LogP contribution in [0.3, 0.4) is 0 Å². The average molecular weight is 2010 g/mol. The monoisotopic (exact) mass is 2010 g/mol. The summed E-state index contributed by atoms with van der Waals surface area (Å²) in [6, 6.07) is 7.80. The van der Waals surface area contributed by atoms with Gasteiger partial charge in [-0.1, -0.05) is 121 Å². The van der Waals surface area contributed by atoms with Gasteiger partial charge in [0.1, 0.15) is 90.0 Å². The number of nitrogens with zero attached hydrogens (tertiary/aromatic N) is 5. The molecule has 17 amide bonds. The van der Waals surface area contributed by atoms with E-state index < -0.39 is 218 Å².